The van der Waals surface area contributed by atoms with E-state index >= 15 is 0 Å². The molecule has 0 bridgehead atoms. The van der Waals surface area contributed by atoms with Gasteiger partial charge in [-0.25, -0.2) is 14.3 Å². The molecule has 1 heterocycles. The number of carbonyl (C=O) groups excluding carboxylic acids is 1. The lowest BCUT2D eigenvalue weighted by Crippen LogP contribution is -2.38. The van der Waals surface area contributed by atoms with Gasteiger partial charge in [-0.05, 0) is 25.7 Å². The molecule has 10 heteroatoms. The van der Waals surface area contributed by atoms with E-state index in [2.05, 4.69) is 15.4 Å². The highest BCUT2D eigenvalue weighted by Gasteiger charge is 2.24. The summed E-state index contributed by atoms with van der Waals surface area (Å²) in [5, 5.41) is 16.4. The van der Waals surface area contributed by atoms with E-state index in [0.717, 1.165) is 10.8 Å². The number of hydrogen-bond acceptors (Lipinski definition) is 7. The largest absolute Gasteiger partial charge is 0.444 e. The number of aromatic nitrogens is 2. The van der Waals surface area contributed by atoms with Gasteiger partial charge >= 0.3 is 11.9 Å². The number of hydrogen-bond donors (Lipinski definition) is 2. The average Bonchev–Trinajstić information content (AvgIpc) is 2.65. The van der Waals surface area contributed by atoms with Crippen LogP contribution in [-0.4, -0.2) is 32.0 Å². The summed E-state index contributed by atoms with van der Waals surface area (Å²) in [4.78, 5) is 25.5. The van der Waals surface area contributed by atoms with E-state index in [0.29, 0.717) is 0 Å². The Morgan fingerprint density at radius 1 is 1.60 bits per heavy atom. The van der Waals surface area contributed by atoms with Crippen molar-refractivity contribution in [3.8, 4) is 0 Å². The van der Waals surface area contributed by atoms with Crippen LogP contribution in [0.2, 0.25) is 0 Å². The molecule has 0 saturated carbocycles. The Hall–Kier alpha value is -2.65. The second kappa shape index (κ2) is 5.55. The van der Waals surface area contributed by atoms with Crippen molar-refractivity contribution in [3.63, 3.8) is 0 Å². The van der Waals surface area contributed by atoms with E-state index in [9.17, 15) is 14.9 Å². The molecule has 10 nitrogen and oxygen atoms in total. The van der Waals surface area contributed by atoms with Gasteiger partial charge in [-0.2, -0.15) is 5.10 Å². The number of nitrogens with zero attached hydrogens (tertiary/aromatic N) is 4. The van der Waals surface area contributed by atoms with Gasteiger partial charge in [0.15, 0.2) is 0 Å². The van der Waals surface area contributed by atoms with Gasteiger partial charge < -0.3 is 20.7 Å². The Morgan fingerprint density at radius 2 is 2.20 bits per heavy atom. The smallest absolute Gasteiger partial charge is 0.413 e. The number of ether oxygens (including phenoxy) is 1. The highest BCUT2D eigenvalue weighted by molar-refractivity contribution is 6.04. The molecule has 20 heavy (non-hydrogen) atoms. The number of nitro groups is 1. The number of imidazole rings is 1. The minimum atomic E-state index is -0.785. The molecule has 0 aliphatic rings. The van der Waals surface area contributed by atoms with Gasteiger partial charge in [0.25, 0.3) is 5.82 Å². The molecule has 0 aromatic carbocycles. The molecule has 0 fully saturated rings. The van der Waals surface area contributed by atoms with Gasteiger partial charge in [0.05, 0.1) is 7.05 Å². The minimum Gasteiger partial charge on any atom is -0.444 e. The number of carbonyl (C=O) groups is 1. The lowest BCUT2D eigenvalue weighted by molar-refractivity contribution is -0.391. The van der Waals surface area contributed by atoms with Gasteiger partial charge in [-0.1, -0.05) is 0 Å². The second-order valence-electron chi connectivity index (χ2n) is 4.86. The van der Waals surface area contributed by atoms with Crippen LogP contribution >= 0.6 is 0 Å². The predicted molar refractivity (Wildman–Crippen MR) is 70.0 cm³/mol. The summed E-state index contributed by atoms with van der Waals surface area (Å²) in [6.07, 6.45) is 0.254. The average molecular weight is 284 g/mol. The van der Waals surface area contributed by atoms with E-state index in [1.807, 2.05) is 0 Å². The number of rotatable bonds is 2. The Balaban J connectivity index is 2.94. The Morgan fingerprint density at radius 3 is 2.60 bits per heavy atom. The first-order valence-electron chi connectivity index (χ1n) is 5.60. The van der Waals surface area contributed by atoms with Crippen LogP contribution in [0.3, 0.4) is 0 Å². The molecule has 1 amide bonds. The summed E-state index contributed by atoms with van der Waals surface area (Å²) >= 11 is 0. The normalized spacial score (nSPS) is 12.1. The molecular formula is C10H16N6O4. The molecular weight excluding hydrogens is 268 g/mol. The van der Waals surface area contributed by atoms with E-state index in [1.165, 1.54) is 7.05 Å². The van der Waals surface area contributed by atoms with Gasteiger partial charge in [0, 0.05) is 0 Å². The lowest BCUT2D eigenvalue weighted by atomic mass is 10.2. The molecule has 0 radical (unpaired) electrons. The first-order valence-corrected chi connectivity index (χ1v) is 5.60. The quantitative estimate of drug-likeness (QED) is 0.266. The Labute approximate surface area is 114 Å². The summed E-state index contributed by atoms with van der Waals surface area (Å²) in [7, 11) is 1.41. The number of amides is 1. The molecule has 0 atom stereocenters. The maximum Gasteiger partial charge on any atom is 0.413 e. The van der Waals surface area contributed by atoms with Gasteiger partial charge in [0.2, 0.25) is 5.84 Å². The fraction of sp³-hybridized carbons (Fsp3) is 0.500. The fourth-order valence-electron chi connectivity index (χ4n) is 1.34. The molecule has 0 unspecified atom stereocenters. The summed E-state index contributed by atoms with van der Waals surface area (Å²) < 4.78 is 6.17. The summed E-state index contributed by atoms with van der Waals surface area (Å²) in [6, 6.07) is 0. The maximum atomic E-state index is 11.6. The Kier molecular flexibility index (Phi) is 4.27. The molecule has 110 valence electrons. The van der Waals surface area contributed by atoms with Crippen molar-refractivity contribution in [1.82, 2.24) is 14.9 Å². The number of alkyl carbamates (subject to hydrolysis) is 1. The maximum absolute atomic E-state index is 11.6. The topological polar surface area (TPSA) is 138 Å². The highest BCUT2D eigenvalue weighted by atomic mass is 16.6. The zero-order valence-corrected chi connectivity index (χ0v) is 11.6. The van der Waals surface area contributed by atoms with Crippen LogP contribution in [0.4, 0.5) is 10.6 Å². The third kappa shape index (κ3) is 3.67. The third-order valence-corrected chi connectivity index (χ3v) is 2.11. The van der Waals surface area contributed by atoms with E-state index in [-0.39, 0.29) is 17.5 Å². The van der Waals surface area contributed by atoms with Crippen LogP contribution in [0.25, 0.3) is 0 Å². The van der Waals surface area contributed by atoms with Crippen LogP contribution in [-0.2, 0) is 11.8 Å². The van der Waals surface area contributed by atoms with Crippen LogP contribution in [0, 0.1) is 10.1 Å². The van der Waals surface area contributed by atoms with Gasteiger partial charge in [-0.3, -0.25) is 5.32 Å². The number of nitrogens with two attached hydrogens (primary N) is 1. The first kappa shape index (κ1) is 15.4. The van der Waals surface area contributed by atoms with Crippen molar-refractivity contribution in [2.45, 2.75) is 26.4 Å². The molecule has 3 N–H and O–H groups in total. The molecule has 1 rings (SSSR count). The minimum absolute atomic E-state index is 0.0464. The summed E-state index contributed by atoms with van der Waals surface area (Å²) in [6.45, 7) is 5.08. The fourth-order valence-corrected chi connectivity index (χ4v) is 1.34. The lowest BCUT2D eigenvalue weighted by Gasteiger charge is -2.19. The zero-order chi connectivity index (χ0) is 15.5. The van der Waals surface area contributed by atoms with Crippen molar-refractivity contribution in [2.24, 2.45) is 18.0 Å². The van der Waals surface area contributed by atoms with Crippen molar-refractivity contribution in [3.05, 3.63) is 22.1 Å². The van der Waals surface area contributed by atoms with Crippen molar-refractivity contribution < 1.29 is 14.5 Å². The van der Waals surface area contributed by atoms with Crippen molar-refractivity contribution in [2.75, 3.05) is 0 Å². The van der Waals surface area contributed by atoms with E-state index < -0.39 is 16.6 Å². The third-order valence-electron chi connectivity index (χ3n) is 2.11. The molecule has 0 aliphatic carbocycles. The standard InChI is InChI=1S/C10H16N6O4/c1-10(2,3)20-9(17)13-7(14-11)8-12-5-6(15(8)4)16(18)19/h5H,11H2,1-4H3,(H,13,14,17). The van der Waals surface area contributed by atoms with E-state index in [4.69, 9.17) is 10.6 Å². The zero-order valence-electron chi connectivity index (χ0n) is 11.6. The van der Waals surface area contributed by atoms with Gasteiger partial charge in [-0.15, -0.1) is 0 Å². The molecule has 0 saturated heterocycles. The molecule has 0 aliphatic heterocycles. The monoisotopic (exact) mass is 284 g/mol. The van der Waals surface area contributed by atoms with Crippen LogP contribution in [0.1, 0.15) is 26.6 Å². The second-order valence-corrected chi connectivity index (χ2v) is 4.86. The predicted octanol–water partition coefficient (Wildman–Crippen LogP) is 0.473. The SMILES string of the molecule is Cn1c([N+](=O)[O-])cnc1C(=NN)NC(=O)OC(C)(C)C. The number of amidine groups is 1. The number of hydrazone groups is 1. The molecule has 0 spiro atoms. The number of nitrogens with one attached hydrogen (secondary N) is 1. The van der Waals surface area contributed by atoms with E-state index in [1.54, 1.807) is 20.8 Å². The van der Waals surface area contributed by atoms with Crippen LogP contribution in [0.15, 0.2) is 11.3 Å². The molecule has 1 aromatic rings. The highest BCUT2D eigenvalue weighted by Crippen LogP contribution is 2.12. The summed E-state index contributed by atoms with van der Waals surface area (Å²) in [5.74, 6) is 4.82. The van der Waals surface area contributed by atoms with Crippen molar-refractivity contribution in [1.29, 1.82) is 0 Å². The first-order chi connectivity index (χ1) is 9.15. The van der Waals surface area contributed by atoms with Crippen LogP contribution < -0.4 is 11.2 Å². The summed E-state index contributed by atoms with van der Waals surface area (Å²) in [5.41, 5.74) is -0.697. The molecule has 1 aromatic heterocycles. The van der Waals surface area contributed by atoms with Gasteiger partial charge in [0.1, 0.15) is 11.8 Å². The van der Waals surface area contributed by atoms with Crippen LogP contribution in [0.5, 0.6) is 0 Å². The Bertz CT molecular complexity index is 557. The van der Waals surface area contributed by atoms with Crippen molar-refractivity contribution >= 4 is 17.7 Å².